The van der Waals surface area contributed by atoms with E-state index in [1.165, 1.54) is 0 Å². The molecule has 0 unspecified atom stereocenters. The zero-order chi connectivity index (χ0) is 20.6. The van der Waals surface area contributed by atoms with Crippen molar-refractivity contribution in [2.45, 2.75) is 31.7 Å². The van der Waals surface area contributed by atoms with Crippen molar-refractivity contribution in [3.05, 3.63) is 48.8 Å². The number of hydrogen-bond acceptors (Lipinski definition) is 7. The summed E-state index contributed by atoms with van der Waals surface area (Å²) in [4.78, 5) is 13.9. The van der Waals surface area contributed by atoms with Crippen LogP contribution in [0.3, 0.4) is 0 Å². The van der Waals surface area contributed by atoms with Crippen molar-refractivity contribution >= 4 is 17.2 Å². The number of imidazole rings is 1. The summed E-state index contributed by atoms with van der Waals surface area (Å²) in [6.07, 6.45) is 15.3. The molecule has 0 aromatic carbocycles. The minimum Gasteiger partial charge on any atom is -0.477 e. The van der Waals surface area contributed by atoms with Crippen molar-refractivity contribution in [3.63, 3.8) is 0 Å². The van der Waals surface area contributed by atoms with Crippen LogP contribution in [0.25, 0.3) is 16.9 Å². The minimum absolute atomic E-state index is 0.374. The first-order chi connectivity index (χ1) is 15.3. The van der Waals surface area contributed by atoms with Gasteiger partial charge in [-0.25, -0.2) is 15.0 Å². The first-order valence-corrected chi connectivity index (χ1v) is 10.7. The fraction of sp³-hybridized carbons (Fsp3) is 0.364. The predicted octanol–water partition coefficient (Wildman–Crippen LogP) is 3.41. The summed E-state index contributed by atoms with van der Waals surface area (Å²) in [5.74, 6) is 1.42. The average Bonchev–Trinajstić information content (AvgIpc) is 3.49. The third-order valence-electron chi connectivity index (χ3n) is 5.85. The van der Waals surface area contributed by atoms with Crippen LogP contribution < -0.4 is 10.1 Å². The molecule has 4 aromatic rings. The van der Waals surface area contributed by atoms with Gasteiger partial charge in [0, 0.05) is 55.3 Å². The first-order valence-electron chi connectivity index (χ1n) is 10.7. The zero-order valence-corrected chi connectivity index (χ0v) is 17.1. The molecular weight excluding hydrogens is 394 g/mol. The van der Waals surface area contributed by atoms with Gasteiger partial charge >= 0.3 is 0 Å². The maximum atomic E-state index is 5.65. The summed E-state index contributed by atoms with van der Waals surface area (Å²) in [7, 11) is 0. The van der Waals surface area contributed by atoms with Gasteiger partial charge in [-0.3, -0.25) is 4.68 Å². The molecule has 0 bridgehead atoms. The molecule has 9 nitrogen and oxygen atoms in total. The van der Waals surface area contributed by atoms with Crippen LogP contribution in [0.2, 0.25) is 0 Å². The normalized spacial score (nSPS) is 16.8. The van der Waals surface area contributed by atoms with E-state index in [1.54, 1.807) is 6.20 Å². The molecule has 1 fully saturated rings. The van der Waals surface area contributed by atoms with Crippen molar-refractivity contribution in [2.75, 3.05) is 25.1 Å². The quantitative estimate of drug-likeness (QED) is 0.544. The van der Waals surface area contributed by atoms with Crippen LogP contribution in [0, 0.1) is 0 Å². The van der Waals surface area contributed by atoms with Gasteiger partial charge in [-0.2, -0.15) is 5.10 Å². The van der Waals surface area contributed by atoms with E-state index in [4.69, 9.17) is 14.5 Å². The summed E-state index contributed by atoms with van der Waals surface area (Å²) in [6, 6.07) is 2.50. The van der Waals surface area contributed by atoms with Crippen LogP contribution in [0.15, 0.2) is 43.2 Å². The number of rotatable bonds is 4. The Morgan fingerprint density at radius 2 is 2.00 bits per heavy atom. The second kappa shape index (κ2) is 7.66. The third-order valence-corrected chi connectivity index (χ3v) is 5.85. The Morgan fingerprint density at radius 3 is 2.94 bits per heavy atom. The van der Waals surface area contributed by atoms with Crippen molar-refractivity contribution in [3.8, 4) is 17.1 Å². The van der Waals surface area contributed by atoms with Crippen LogP contribution >= 0.6 is 0 Å². The molecule has 6 rings (SSSR count). The molecule has 6 heterocycles. The van der Waals surface area contributed by atoms with Crippen LogP contribution in [0.5, 0.6) is 5.88 Å². The second-order valence-electron chi connectivity index (χ2n) is 7.95. The Hall–Kier alpha value is -3.46. The van der Waals surface area contributed by atoms with Crippen LogP contribution in [0.1, 0.15) is 30.9 Å². The van der Waals surface area contributed by atoms with Crippen LogP contribution in [0.4, 0.5) is 11.5 Å². The zero-order valence-electron chi connectivity index (χ0n) is 17.1. The second-order valence-corrected chi connectivity index (χ2v) is 7.95. The molecule has 1 saturated heterocycles. The molecule has 0 aliphatic carbocycles. The molecule has 31 heavy (non-hydrogen) atoms. The average molecular weight is 417 g/mol. The highest BCUT2D eigenvalue weighted by Gasteiger charge is 2.18. The van der Waals surface area contributed by atoms with Gasteiger partial charge in [0.05, 0.1) is 30.2 Å². The molecule has 0 amide bonds. The highest BCUT2D eigenvalue weighted by atomic mass is 16.5. The Labute approximate surface area is 179 Å². The number of anilines is 2. The van der Waals surface area contributed by atoms with Gasteiger partial charge in [-0.15, -0.1) is 0 Å². The van der Waals surface area contributed by atoms with E-state index < -0.39 is 0 Å². The van der Waals surface area contributed by atoms with Crippen LogP contribution in [-0.4, -0.2) is 49.0 Å². The Morgan fingerprint density at radius 1 is 1.06 bits per heavy atom. The van der Waals surface area contributed by atoms with Gasteiger partial charge in [-0.05, 0) is 31.7 Å². The fourth-order valence-electron chi connectivity index (χ4n) is 4.22. The monoisotopic (exact) mass is 417 g/mol. The van der Waals surface area contributed by atoms with E-state index in [2.05, 4.69) is 26.4 Å². The largest absolute Gasteiger partial charge is 0.477 e. The highest BCUT2D eigenvalue weighted by Crippen LogP contribution is 2.29. The Kier molecular flexibility index (Phi) is 4.53. The standard InChI is InChI=1S/C22H23N7O2/c1-2-15-10-16(11-24-22(15)31-7-1)19-14-28-6-5-23-21(28)20(27-19)26-17-12-25-29(13-17)18-3-8-30-9-4-18/h5-6,10-14,18H,1-4,7-9H2,(H,26,27). The number of aromatic nitrogens is 6. The number of hydrogen-bond donors (Lipinski definition) is 1. The lowest BCUT2D eigenvalue weighted by atomic mass is 10.1. The van der Waals surface area contributed by atoms with Gasteiger partial charge in [0.1, 0.15) is 0 Å². The predicted molar refractivity (Wildman–Crippen MR) is 115 cm³/mol. The first kappa shape index (κ1) is 18.3. The van der Waals surface area contributed by atoms with E-state index in [0.717, 1.165) is 79.5 Å². The molecule has 0 spiro atoms. The molecule has 158 valence electrons. The van der Waals surface area contributed by atoms with Gasteiger partial charge in [0.25, 0.3) is 0 Å². The van der Waals surface area contributed by atoms with Crippen molar-refractivity contribution in [2.24, 2.45) is 0 Å². The lowest BCUT2D eigenvalue weighted by Gasteiger charge is -2.22. The van der Waals surface area contributed by atoms with E-state index >= 15 is 0 Å². The van der Waals surface area contributed by atoms with E-state index in [-0.39, 0.29) is 0 Å². The molecule has 1 N–H and O–H groups in total. The van der Waals surface area contributed by atoms with Crippen molar-refractivity contribution in [1.82, 2.24) is 29.1 Å². The lowest BCUT2D eigenvalue weighted by molar-refractivity contribution is 0.0662. The van der Waals surface area contributed by atoms with E-state index in [9.17, 15) is 0 Å². The summed E-state index contributed by atoms with van der Waals surface area (Å²) >= 11 is 0. The Bertz CT molecular complexity index is 1230. The maximum Gasteiger partial charge on any atom is 0.216 e. The minimum atomic E-state index is 0.374. The number of nitrogens with zero attached hydrogens (tertiary/aromatic N) is 6. The maximum absolute atomic E-state index is 5.65. The fourth-order valence-corrected chi connectivity index (χ4v) is 4.22. The van der Waals surface area contributed by atoms with Gasteiger partial charge in [0.2, 0.25) is 5.88 Å². The van der Waals surface area contributed by atoms with Crippen LogP contribution in [-0.2, 0) is 11.2 Å². The number of ether oxygens (including phenoxy) is 2. The smallest absolute Gasteiger partial charge is 0.216 e. The topological polar surface area (TPSA) is 91.4 Å². The SMILES string of the molecule is c1cn2cc(-c3cnc4c(c3)CCCO4)nc(Nc3cnn(C4CCOCC4)c3)c2n1. The van der Waals surface area contributed by atoms with E-state index in [1.807, 2.05) is 40.1 Å². The number of aryl methyl sites for hydroxylation is 1. The van der Waals surface area contributed by atoms with E-state index in [0.29, 0.717) is 11.9 Å². The highest BCUT2D eigenvalue weighted by molar-refractivity contribution is 5.73. The molecule has 2 aliphatic heterocycles. The molecule has 2 aliphatic rings. The third kappa shape index (κ3) is 3.50. The summed E-state index contributed by atoms with van der Waals surface area (Å²) < 4.78 is 15.1. The summed E-state index contributed by atoms with van der Waals surface area (Å²) in [5, 5.41) is 7.96. The van der Waals surface area contributed by atoms with Gasteiger partial charge in [0.15, 0.2) is 11.5 Å². The van der Waals surface area contributed by atoms with Crippen molar-refractivity contribution in [1.29, 1.82) is 0 Å². The number of nitrogens with one attached hydrogen (secondary N) is 1. The lowest BCUT2D eigenvalue weighted by Crippen LogP contribution is -2.19. The van der Waals surface area contributed by atoms with Gasteiger partial charge in [-0.1, -0.05) is 0 Å². The molecule has 0 saturated carbocycles. The number of fused-ring (bicyclic) bond motifs is 2. The molecular formula is C22H23N7O2. The molecule has 9 heteroatoms. The molecule has 0 atom stereocenters. The number of pyridine rings is 1. The van der Waals surface area contributed by atoms with Crippen molar-refractivity contribution < 1.29 is 9.47 Å². The summed E-state index contributed by atoms with van der Waals surface area (Å²) in [6.45, 7) is 2.30. The summed E-state index contributed by atoms with van der Waals surface area (Å²) in [5.41, 5.74) is 4.56. The molecule has 0 radical (unpaired) electrons. The Balaban J connectivity index is 1.33. The molecule has 4 aromatic heterocycles. The van der Waals surface area contributed by atoms with Gasteiger partial charge < -0.3 is 19.2 Å².